The largest absolute Gasteiger partial charge is 0.383 e. The van der Waals surface area contributed by atoms with E-state index in [0.717, 1.165) is 62.9 Å². The van der Waals surface area contributed by atoms with Gasteiger partial charge in [-0.1, -0.05) is 11.8 Å². The van der Waals surface area contributed by atoms with Crippen LogP contribution in [0.25, 0.3) is 0 Å². The number of piperazine rings is 1. The third kappa shape index (κ3) is 7.21. The zero-order valence-corrected chi connectivity index (χ0v) is 23.3. The molecule has 3 aromatic rings. The van der Waals surface area contributed by atoms with Crippen LogP contribution in [0.3, 0.4) is 0 Å². The molecule has 42 heavy (non-hydrogen) atoms. The Balaban J connectivity index is 1.36. The Kier molecular flexibility index (Phi) is 8.95. The lowest BCUT2D eigenvalue weighted by Crippen LogP contribution is -2.44. The fourth-order valence-corrected chi connectivity index (χ4v) is 4.94. The molecule has 9 nitrogen and oxygen atoms in total. The topological polar surface area (TPSA) is 120 Å². The van der Waals surface area contributed by atoms with Gasteiger partial charge in [0.1, 0.15) is 23.3 Å². The number of aromatic nitrogens is 1. The van der Waals surface area contributed by atoms with Gasteiger partial charge in [-0.15, -0.1) is 0 Å². The summed E-state index contributed by atoms with van der Waals surface area (Å²) in [4.78, 5) is 22.2. The number of anilines is 3. The minimum absolute atomic E-state index is 0.0358. The summed E-state index contributed by atoms with van der Waals surface area (Å²) >= 11 is 0. The van der Waals surface area contributed by atoms with Gasteiger partial charge in [-0.3, -0.25) is 10.2 Å². The average Bonchev–Trinajstić information content (AvgIpc) is 2.97. The minimum atomic E-state index is -0.734. The number of amides is 1. The lowest BCUT2D eigenvalue weighted by Gasteiger charge is -2.34. The highest BCUT2D eigenvalue weighted by molar-refractivity contribution is 6.14. The maximum atomic E-state index is 13.5. The molecule has 218 valence electrons. The van der Waals surface area contributed by atoms with Crippen molar-refractivity contribution in [2.75, 3.05) is 62.4 Å². The first-order valence-corrected chi connectivity index (χ1v) is 13.8. The molecule has 0 bridgehead atoms. The van der Waals surface area contributed by atoms with Crippen LogP contribution in [0.2, 0.25) is 0 Å². The van der Waals surface area contributed by atoms with Crippen LogP contribution in [0.1, 0.15) is 39.9 Å². The van der Waals surface area contributed by atoms with Crippen molar-refractivity contribution < 1.29 is 18.3 Å². The van der Waals surface area contributed by atoms with Gasteiger partial charge in [0.2, 0.25) is 0 Å². The second-order valence-electron chi connectivity index (χ2n) is 10.4. The highest BCUT2D eigenvalue weighted by Crippen LogP contribution is 2.27. The molecule has 2 aliphatic rings. The molecule has 2 aliphatic heterocycles. The maximum Gasteiger partial charge on any atom is 0.258 e. The quantitative estimate of drug-likeness (QED) is 0.210. The molecule has 2 aromatic carbocycles. The molecule has 1 aromatic heterocycles. The number of pyridine rings is 1. The summed E-state index contributed by atoms with van der Waals surface area (Å²) in [6.45, 7) is 5.01. The molecule has 2 saturated heterocycles. The van der Waals surface area contributed by atoms with Gasteiger partial charge < -0.3 is 30.9 Å². The van der Waals surface area contributed by atoms with Crippen LogP contribution in [-0.4, -0.2) is 74.1 Å². The third-order valence-corrected chi connectivity index (χ3v) is 7.34. The van der Waals surface area contributed by atoms with Crippen LogP contribution >= 0.6 is 0 Å². The normalized spacial score (nSPS) is 15.9. The summed E-state index contributed by atoms with van der Waals surface area (Å²) < 4.78 is 32.5. The van der Waals surface area contributed by atoms with Gasteiger partial charge in [-0.2, -0.15) is 0 Å². The van der Waals surface area contributed by atoms with Gasteiger partial charge in [-0.05, 0) is 56.3 Å². The van der Waals surface area contributed by atoms with E-state index in [9.17, 15) is 13.6 Å². The van der Waals surface area contributed by atoms with Crippen molar-refractivity contribution in [1.82, 2.24) is 15.2 Å². The lowest BCUT2D eigenvalue weighted by molar-refractivity contribution is 0.0904. The Hall–Kier alpha value is -4.53. The van der Waals surface area contributed by atoms with Gasteiger partial charge in [0, 0.05) is 80.2 Å². The number of halogens is 2. The number of rotatable bonds is 5. The molecular weight excluding hydrogens is 540 g/mol. The summed E-state index contributed by atoms with van der Waals surface area (Å²) in [7, 11) is 2.11. The van der Waals surface area contributed by atoms with Crippen LogP contribution in [-0.2, 0) is 4.74 Å². The number of nitrogens with two attached hydrogens (primary N) is 1. The third-order valence-electron chi connectivity index (χ3n) is 7.34. The molecule has 2 fully saturated rings. The number of carbonyl (C=O) groups excluding carboxylic acids is 1. The number of hydrogen-bond donors (Lipinski definition) is 4. The fourth-order valence-electron chi connectivity index (χ4n) is 4.94. The van der Waals surface area contributed by atoms with Gasteiger partial charge in [-0.25, -0.2) is 13.8 Å². The van der Waals surface area contributed by atoms with Crippen molar-refractivity contribution in [3.63, 3.8) is 0 Å². The number of ether oxygens (including phenoxy) is 1. The van der Waals surface area contributed by atoms with E-state index < -0.39 is 17.5 Å². The zero-order valence-electron chi connectivity index (χ0n) is 23.3. The number of amidine groups is 1. The molecule has 1 amide bonds. The smallest absolute Gasteiger partial charge is 0.258 e. The summed E-state index contributed by atoms with van der Waals surface area (Å²) in [5.74, 6) is 3.32. The van der Waals surface area contributed by atoms with Gasteiger partial charge >= 0.3 is 0 Å². The molecule has 3 heterocycles. The number of nitrogens with one attached hydrogen (secondary N) is 3. The van der Waals surface area contributed by atoms with Gasteiger partial charge in [0.15, 0.2) is 0 Å². The van der Waals surface area contributed by atoms with Crippen molar-refractivity contribution in [3.05, 3.63) is 82.5 Å². The van der Waals surface area contributed by atoms with Gasteiger partial charge in [0.25, 0.3) is 5.91 Å². The molecule has 11 heteroatoms. The van der Waals surface area contributed by atoms with Crippen LogP contribution in [0.4, 0.5) is 26.0 Å². The molecular formula is C31H33F2N7O2. The van der Waals surface area contributed by atoms with Crippen molar-refractivity contribution >= 4 is 28.9 Å². The first-order valence-electron chi connectivity index (χ1n) is 13.8. The van der Waals surface area contributed by atoms with Crippen molar-refractivity contribution in [2.45, 2.75) is 18.9 Å². The minimum Gasteiger partial charge on any atom is -0.383 e. The van der Waals surface area contributed by atoms with E-state index in [1.165, 1.54) is 12.3 Å². The van der Waals surface area contributed by atoms with Crippen molar-refractivity contribution in [2.24, 2.45) is 0 Å². The number of likely N-dealkylation sites (N-methyl/N-ethyl adjacent to an activating group) is 1. The second kappa shape index (κ2) is 13.0. The van der Waals surface area contributed by atoms with Crippen LogP contribution in [0.5, 0.6) is 0 Å². The number of hydrogen-bond acceptors (Lipinski definition) is 8. The fraction of sp³-hybridized carbons (Fsp3) is 0.323. The van der Waals surface area contributed by atoms with E-state index in [2.05, 4.69) is 44.3 Å². The van der Waals surface area contributed by atoms with Gasteiger partial charge in [0.05, 0.1) is 11.1 Å². The Morgan fingerprint density at radius 2 is 1.69 bits per heavy atom. The van der Waals surface area contributed by atoms with E-state index in [1.54, 1.807) is 6.07 Å². The number of benzene rings is 2. The number of nitrogen functional groups attached to an aromatic ring is 1. The average molecular weight is 574 g/mol. The Bertz CT molecular complexity index is 1520. The molecule has 5 rings (SSSR count). The molecule has 5 N–H and O–H groups in total. The maximum absolute atomic E-state index is 13.5. The Labute approximate surface area is 243 Å². The zero-order chi connectivity index (χ0) is 29.6. The van der Waals surface area contributed by atoms with Crippen molar-refractivity contribution in [1.29, 1.82) is 5.41 Å². The van der Waals surface area contributed by atoms with E-state index in [1.807, 2.05) is 12.1 Å². The summed E-state index contributed by atoms with van der Waals surface area (Å²) in [5.41, 5.74) is 8.85. The molecule has 0 saturated carbocycles. The van der Waals surface area contributed by atoms with E-state index in [4.69, 9.17) is 15.9 Å². The van der Waals surface area contributed by atoms with E-state index in [0.29, 0.717) is 30.0 Å². The Morgan fingerprint density at radius 3 is 2.40 bits per heavy atom. The number of carbonyl (C=O) groups is 1. The highest BCUT2D eigenvalue weighted by Gasteiger charge is 2.22. The molecule has 0 spiro atoms. The molecule has 0 aliphatic carbocycles. The summed E-state index contributed by atoms with van der Waals surface area (Å²) in [5, 5.41) is 14.8. The van der Waals surface area contributed by atoms with Crippen LogP contribution in [0.15, 0.2) is 48.7 Å². The molecule has 0 radical (unpaired) electrons. The highest BCUT2D eigenvalue weighted by atomic mass is 19.1. The SMILES string of the molecule is CN1CCN(c2ccc(C(=O)NC(=N)c3cc(C#Cc4cc(F)cc(F)c4)cnc3N)c(NC3CCOCC3)c2)CC1. The first-order chi connectivity index (χ1) is 20.2. The van der Waals surface area contributed by atoms with E-state index >= 15 is 0 Å². The van der Waals surface area contributed by atoms with Crippen LogP contribution < -0.4 is 21.3 Å². The number of nitrogens with zero attached hydrogens (tertiary/aromatic N) is 3. The summed E-state index contributed by atoms with van der Waals surface area (Å²) in [6.07, 6.45) is 3.05. The lowest BCUT2D eigenvalue weighted by atomic mass is 10.1. The summed E-state index contributed by atoms with van der Waals surface area (Å²) in [6, 6.07) is 10.4. The predicted molar refractivity (Wildman–Crippen MR) is 159 cm³/mol. The first kappa shape index (κ1) is 29.0. The van der Waals surface area contributed by atoms with Crippen molar-refractivity contribution in [3.8, 4) is 11.8 Å². The van der Waals surface area contributed by atoms with E-state index in [-0.39, 0.29) is 28.8 Å². The molecule has 0 atom stereocenters. The standard InChI is InChI=1S/C31H33F2N7O2/c1-39-8-10-40(11-9-39)25-4-5-26(28(18-25)37-24-6-12-42-13-7-24)31(41)38-30(35)27-16-21(19-36-29(27)34)3-2-20-14-22(32)17-23(33)15-20/h4-5,14-19,24,37H,6-13H2,1H3,(H2,34,36)(H2,35,38,41). The van der Waals surface area contributed by atoms with Crippen LogP contribution in [0, 0.1) is 28.9 Å². The predicted octanol–water partition coefficient (Wildman–Crippen LogP) is 3.44. The monoisotopic (exact) mass is 573 g/mol. The molecule has 0 unspecified atom stereocenters. The Morgan fingerprint density at radius 1 is 1.00 bits per heavy atom. The second-order valence-corrected chi connectivity index (χ2v) is 10.4.